The van der Waals surface area contributed by atoms with Gasteiger partial charge in [-0.2, -0.15) is 0 Å². The van der Waals surface area contributed by atoms with Crippen molar-refractivity contribution in [3.05, 3.63) is 89.0 Å². The fourth-order valence-corrected chi connectivity index (χ4v) is 5.90. The Hall–Kier alpha value is -2.58. The Labute approximate surface area is 201 Å². The summed E-state index contributed by atoms with van der Waals surface area (Å²) in [7, 11) is 0. The van der Waals surface area contributed by atoms with Crippen LogP contribution in [0.25, 0.3) is 11.0 Å². The highest BCUT2D eigenvalue weighted by atomic mass is 32.2. The van der Waals surface area contributed by atoms with Crippen LogP contribution in [-0.4, -0.2) is 43.2 Å². The summed E-state index contributed by atoms with van der Waals surface area (Å²) in [6.07, 6.45) is -0.0419. The van der Waals surface area contributed by atoms with Gasteiger partial charge in [0, 0.05) is 42.9 Å². The number of fused-ring (bicyclic) bond motifs is 1. The Morgan fingerprint density at radius 3 is 2.79 bits per heavy atom. The second-order valence-corrected chi connectivity index (χ2v) is 10.3. The van der Waals surface area contributed by atoms with Crippen LogP contribution in [0, 0.1) is 0 Å². The number of thioether (sulfide) groups is 1. The normalized spacial score (nSPS) is 16.8. The summed E-state index contributed by atoms with van der Waals surface area (Å²) in [6, 6.07) is 22.4. The van der Waals surface area contributed by atoms with Gasteiger partial charge < -0.3 is 14.5 Å². The van der Waals surface area contributed by atoms with Crippen molar-refractivity contribution in [3.63, 3.8) is 0 Å². The van der Waals surface area contributed by atoms with Crippen LogP contribution in [0.5, 0.6) is 0 Å². The molecule has 1 aliphatic rings. The Morgan fingerprint density at radius 2 is 1.94 bits per heavy atom. The first-order valence-electron chi connectivity index (χ1n) is 11.1. The summed E-state index contributed by atoms with van der Waals surface area (Å²) in [5.74, 6) is 0.902. The molecule has 170 valence electrons. The van der Waals surface area contributed by atoms with E-state index in [4.69, 9.17) is 9.15 Å². The maximum Gasteiger partial charge on any atom is 0.287 e. The third kappa shape index (κ3) is 5.50. The summed E-state index contributed by atoms with van der Waals surface area (Å²) in [5.41, 5.74) is 2.97. The van der Waals surface area contributed by atoms with Crippen molar-refractivity contribution in [2.75, 3.05) is 26.2 Å². The molecule has 2 aromatic heterocycles. The van der Waals surface area contributed by atoms with Crippen LogP contribution >= 0.6 is 23.1 Å². The molecule has 0 bridgehead atoms. The molecule has 3 heterocycles. The lowest BCUT2D eigenvalue weighted by atomic mass is 10.1. The van der Waals surface area contributed by atoms with Crippen LogP contribution in [0.15, 0.2) is 80.7 Å². The summed E-state index contributed by atoms with van der Waals surface area (Å²) in [6.45, 7) is 3.70. The molecular weight excluding hydrogens is 452 g/mol. The zero-order chi connectivity index (χ0) is 22.5. The van der Waals surface area contributed by atoms with Crippen molar-refractivity contribution >= 4 is 40.0 Å². The standard InChI is InChI=1S/C26H26N2O3S2/c29-26(27-15-20-17-28(12-13-30-20)16-19-7-2-1-3-8-19)25-22(18-33-24-11-6-14-32-24)21-9-4-5-10-23(21)31-25/h1-11,14,20H,12-13,15-18H2,(H,27,29). The second kappa shape index (κ2) is 10.6. The molecular formula is C26H26N2O3S2. The van der Waals surface area contributed by atoms with Crippen molar-refractivity contribution in [1.29, 1.82) is 0 Å². The SMILES string of the molecule is O=C(NCC1CN(Cc2ccccc2)CCO1)c1oc2ccccc2c1CSc1cccs1. The maximum atomic E-state index is 13.1. The predicted octanol–water partition coefficient (Wildman–Crippen LogP) is 5.42. The van der Waals surface area contributed by atoms with E-state index in [1.165, 1.54) is 9.77 Å². The van der Waals surface area contributed by atoms with Gasteiger partial charge >= 0.3 is 0 Å². The highest BCUT2D eigenvalue weighted by Crippen LogP contribution is 2.33. The average Bonchev–Trinajstić information content (AvgIpc) is 3.50. The van der Waals surface area contributed by atoms with E-state index in [0.29, 0.717) is 24.7 Å². The minimum atomic E-state index is -0.184. The molecule has 5 nitrogen and oxygen atoms in total. The third-order valence-corrected chi connectivity index (χ3v) is 7.88. The van der Waals surface area contributed by atoms with Gasteiger partial charge in [-0.05, 0) is 23.1 Å². The Balaban J connectivity index is 1.24. The molecule has 1 unspecified atom stereocenters. The number of furan rings is 1. The molecule has 0 spiro atoms. The largest absolute Gasteiger partial charge is 0.451 e. The van der Waals surface area contributed by atoms with E-state index in [1.807, 2.05) is 36.4 Å². The molecule has 1 atom stereocenters. The van der Waals surface area contributed by atoms with E-state index in [1.54, 1.807) is 23.1 Å². The van der Waals surface area contributed by atoms with Gasteiger partial charge in [0.1, 0.15) is 5.58 Å². The van der Waals surface area contributed by atoms with E-state index in [2.05, 4.69) is 45.9 Å². The number of carbonyl (C=O) groups excluding carboxylic acids is 1. The van der Waals surface area contributed by atoms with Crippen molar-refractivity contribution in [2.45, 2.75) is 22.6 Å². The predicted molar refractivity (Wildman–Crippen MR) is 134 cm³/mol. The van der Waals surface area contributed by atoms with Crippen molar-refractivity contribution in [3.8, 4) is 0 Å². The number of para-hydroxylation sites is 1. The van der Waals surface area contributed by atoms with E-state index < -0.39 is 0 Å². The topological polar surface area (TPSA) is 54.7 Å². The van der Waals surface area contributed by atoms with E-state index in [-0.39, 0.29) is 12.0 Å². The fourth-order valence-electron chi connectivity index (χ4n) is 4.09. The number of benzene rings is 2. The Kier molecular flexibility index (Phi) is 7.12. The highest BCUT2D eigenvalue weighted by Gasteiger charge is 2.24. The number of ether oxygens (including phenoxy) is 1. The molecule has 1 aliphatic heterocycles. The second-order valence-electron chi connectivity index (χ2n) is 8.05. The lowest BCUT2D eigenvalue weighted by Crippen LogP contribution is -2.47. The fraction of sp³-hybridized carbons (Fsp3) is 0.269. The van der Waals surface area contributed by atoms with Gasteiger partial charge in [0.25, 0.3) is 5.91 Å². The van der Waals surface area contributed by atoms with Crippen molar-refractivity contribution < 1.29 is 13.9 Å². The molecule has 1 fully saturated rings. The number of rotatable bonds is 8. The highest BCUT2D eigenvalue weighted by molar-refractivity contribution is 8.00. The summed E-state index contributed by atoms with van der Waals surface area (Å²) < 4.78 is 13.1. The molecule has 1 saturated heterocycles. The number of hydrogen-bond donors (Lipinski definition) is 1. The summed E-state index contributed by atoms with van der Waals surface area (Å²) in [5, 5.41) is 6.12. The average molecular weight is 479 g/mol. The molecule has 0 radical (unpaired) electrons. The van der Waals surface area contributed by atoms with E-state index in [9.17, 15) is 4.79 Å². The zero-order valence-corrected chi connectivity index (χ0v) is 19.9. The minimum absolute atomic E-state index is 0.0419. The smallest absolute Gasteiger partial charge is 0.287 e. The molecule has 0 aliphatic carbocycles. The lowest BCUT2D eigenvalue weighted by molar-refractivity contribution is -0.0293. The maximum absolute atomic E-state index is 13.1. The van der Waals surface area contributed by atoms with Crippen LogP contribution < -0.4 is 5.32 Å². The zero-order valence-electron chi connectivity index (χ0n) is 18.2. The van der Waals surface area contributed by atoms with Crippen molar-refractivity contribution in [1.82, 2.24) is 10.2 Å². The first kappa shape index (κ1) is 22.2. The van der Waals surface area contributed by atoms with Gasteiger partial charge in [0.15, 0.2) is 5.76 Å². The van der Waals surface area contributed by atoms with Gasteiger partial charge in [0.05, 0.1) is 16.9 Å². The number of morpholine rings is 1. The molecule has 33 heavy (non-hydrogen) atoms. The monoisotopic (exact) mass is 478 g/mol. The molecule has 7 heteroatoms. The van der Waals surface area contributed by atoms with Crippen LogP contribution in [0.4, 0.5) is 0 Å². The van der Waals surface area contributed by atoms with Crippen molar-refractivity contribution in [2.24, 2.45) is 0 Å². The van der Waals surface area contributed by atoms with Crippen LogP contribution in [0.3, 0.4) is 0 Å². The van der Waals surface area contributed by atoms with Gasteiger partial charge in [-0.15, -0.1) is 23.1 Å². The lowest BCUT2D eigenvalue weighted by Gasteiger charge is -2.33. The van der Waals surface area contributed by atoms with Crippen LogP contribution in [-0.2, 0) is 17.0 Å². The van der Waals surface area contributed by atoms with Gasteiger partial charge in [-0.3, -0.25) is 9.69 Å². The third-order valence-electron chi connectivity index (χ3n) is 5.72. The molecule has 1 amide bonds. The van der Waals surface area contributed by atoms with Gasteiger partial charge in [0.2, 0.25) is 0 Å². The molecule has 1 N–H and O–H groups in total. The van der Waals surface area contributed by atoms with Gasteiger partial charge in [-0.25, -0.2) is 0 Å². The van der Waals surface area contributed by atoms with E-state index in [0.717, 1.165) is 36.2 Å². The van der Waals surface area contributed by atoms with E-state index >= 15 is 0 Å². The van der Waals surface area contributed by atoms with Gasteiger partial charge in [-0.1, -0.05) is 54.6 Å². The number of thiophene rings is 1. The molecule has 0 saturated carbocycles. The number of nitrogens with zero attached hydrogens (tertiary/aromatic N) is 1. The molecule has 4 aromatic rings. The first-order valence-corrected chi connectivity index (χ1v) is 13.0. The number of carbonyl (C=O) groups is 1. The number of amides is 1. The summed E-state index contributed by atoms with van der Waals surface area (Å²) >= 11 is 3.43. The minimum Gasteiger partial charge on any atom is -0.451 e. The number of nitrogens with one attached hydrogen (secondary N) is 1. The number of hydrogen-bond acceptors (Lipinski definition) is 6. The molecule has 2 aromatic carbocycles. The summed E-state index contributed by atoms with van der Waals surface area (Å²) in [4.78, 5) is 15.5. The van der Waals surface area contributed by atoms with Crippen LogP contribution in [0.1, 0.15) is 21.7 Å². The molecule has 5 rings (SSSR count). The Bertz CT molecular complexity index is 1190. The quantitative estimate of drug-likeness (QED) is 0.343. The van der Waals surface area contributed by atoms with Crippen LogP contribution in [0.2, 0.25) is 0 Å². The Morgan fingerprint density at radius 1 is 1.09 bits per heavy atom. The first-order chi connectivity index (χ1) is 16.3.